The summed E-state index contributed by atoms with van der Waals surface area (Å²) < 4.78 is 0. The third-order valence-electron chi connectivity index (χ3n) is 5.39. The molecule has 4 nitrogen and oxygen atoms in total. The minimum Gasteiger partial charge on any atom is -0.478 e. The number of aliphatic carboxylic acids is 1. The van der Waals surface area contributed by atoms with Crippen molar-refractivity contribution in [1.29, 1.82) is 0 Å². The van der Waals surface area contributed by atoms with Gasteiger partial charge >= 0.3 is 5.97 Å². The Balaban J connectivity index is 2.09. The third-order valence-corrected chi connectivity index (χ3v) is 5.39. The highest BCUT2D eigenvalue weighted by molar-refractivity contribution is 6.02. The lowest BCUT2D eigenvalue weighted by molar-refractivity contribution is -0.133. The summed E-state index contributed by atoms with van der Waals surface area (Å²) in [5.41, 5.74) is 2.83. The van der Waals surface area contributed by atoms with Gasteiger partial charge in [0, 0.05) is 29.3 Å². The molecule has 2 aliphatic carbocycles. The molecule has 0 bridgehead atoms. The average molecular weight is 303 g/mol. The normalized spacial score (nSPS) is 28.7. The number of hydrogen-bond acceptors (Lipinski definition) is 3. The van der Waals surface area contributed by atoms with Gasteiger partial charge in [-0.15, -0.1) is 0 Å². The van der Waals surface area contributed by atoms with Crippen molar-refractivity contribution in [1.82, 2.24) is 5.32 Å². The van der Waals surface area contributed by atoms with Crippen molar-refractivity contribution in [3.63, 3.8) is 0 Å². The largest absolute Gasteiger partial charge is 0.478 e. The summed E-state index contributed by atoms with van der Waals surface area (Å²) >= 11 is 0. The molecule has 1 aliphatic heterocycles. The molecule has 22 heavy (non-hydrogen) atoms. The van der Waals surface area contributed by atoms with E-state index < -0.39 is 5.97 Å². The van der Waals surface area contributed by atoms with Crippen LogP contribution in [0.1, 0.15) is 59.3 Å². The van der Waals surface area contributed by atoms with E-state index >= 15 is 0 Å². The molecular weight excluding hydrogens is 278 g/mol. The molecule has 0 amide bonds. The fourth-order valence-corrected chi connectivity index (χ4v) is 4.53. The summed E-state index contributed by atoms with van der Waals surface area (Å²) in [4.78, 5) is 24.6. The molecule has 0 radical (unpaired) electrons. The van der Waals surface area contributed by atoms with E-state index in [1.165, 1.54) is 0 Å². The first-order valence-electron chi connectivity index (χ1n) is 8.27. The molecular formula is C18H25NO3. The summed E-state index contributed by atoms with van der Waals surface area (Å²) in [6.45, 7) is 6.04. The second kappa shape index (κ2) is 5.25. The first-order valence-corrected chi connectivity index (χ1v) is 8.27. The Kier molecular flexibility index (Phi) is 3.66. The van der Waals surface area contributed by atoms with Crippen LogP contribution >= 0.6 is 0 Å². The van der Waals surface area contributed by atoms with E-state index in [4.69, 9.17) is 0 Å². The fraction of sp³-hybridized carbons (Fsp3) is 0.667. The van der Waals surface area contributed by atoms with Crippen LogP contribution in [0.25, 0.3) is 0 Å². The van der Waals surface area contributed by atoms with Crippen LogP contribution in [0.3, 0.4) is 0 Å². The van der Waals surface area contributed by atoms with Crippen LogP contribution in [0.15, 0.2) is 22.5 Å². The Morgan fingerprint density at radius 3 is 2.45 bits per heavy atom. The fourth-order valence-electron chi connectivity index (χ4n) is 4.53. The SMILES string of the molecule is CC1=C(C(=O)O)C(C2CCCC2)C2=C(CC(C)(C)CC2=O)N1. The predicted molar refractivity (Wildman–Crippen MR) is 84.0 cm³/mol. The topological polar surface area (TPSA) is 66.4 Å². The summed E-state index contributed by atoms with van der Waals surface area (Å²) in [5.74, 6) is -0.647. The number of carbonyl (C=O) groups is 2. The number of carboxylic acid groups (broad SMARTS) is 1. The molecule has 120 valence electrons. The van der Waals surface area contributed by atoms with Crippen LogP contribution in [-0.2, 0) is 9.59 Å². The Morgan fingerprint density at radius 2 is 1.86 bits per heavy atom. The first kappa shape index (κ1) is 15.3. The van der Waals surface area contributed by atoms with Crippen molar-refractivity contribution in [2.45, 2.75) is 59.3 Å². The zero-order chi connectivity index (χ0) is 16.1. The maximum atomic E-state index is 12.8. The maximum absolute atomic E-state index is 12.8. The molecule has 0 aromatic heterocycles. The summed E-state index contributed by atoms with van der Waals surface area (Å²) in [5, 5.41) is 12.9. The Hall–Kier alpha value is -1.58. The lowest BCUT2D eigenvalue weighted by Crippen LogP contribution is -2.41. The van der Waals surface area contributed by atoms with Crippen molar-refractivity contribution in [2.75, 3.05) is 0 Å². The van der Waals surface area contributed by atoms with Gasteiger partial charge in [-0.3, -0.25) is 4.79 Å². The molecule has 3 aliphatic rings. The predicted octanol–water partition coefficient (Wildman–Crippen LogP) is 3.40. The van der Waals surface area contributed by atoms with Gasteiger partial charge in [0.2, 0.25) is 0 Å². The van der Waals surface area contributed by atoms with Crippen LogP contribution in [0, 0.1) is 17.3 Å². The quantitative estimate of drug-likeness (QED) is 0.820. The number of nitrogens with one attached hydrogen (secondary N) is 1. The molecule has 3 rings (SSSR count). The lowest BCUT2D eigenvalue weighted by Gasteiger charge is -2.40. The Labute approximate surface area is 131 Å². The Bertz CT molecular complexity index is 591. The van der Waals surface area contributed by atoms with Crippen LogP contribution in [0.4, 0.5) is 0 Å². The van der Waals surface area contributed by atoms with E-state index in [1.807, 2.05) is 6.92 Å². The van der Waals surface area contributed by atoms with Gasteiger partial charge in [-0.05, 0) is 37.5 Å². The maximum Gasteiger partial charge on any atom is 0.333 e. The highest BCUT2D eigenvalue weighted by atomic mass is 16.4. The zero-order valence-corrected chi connectivity index (χ0v) is 13.7. The number of rotatable bonds is 2. The number of Topliss-reactive ketones (excluding diaryl/α,β-unsaturated/α-hetero) is 1. The minimum absolute atomic E-state index is 0.0514. The second-order valence-corrected chi connectivity index (χ2v) is 7.82. The van der Waals surface area contributed by atoms with Gasteiger partial charge in [0.15, 0.2) is 5.78 Å². The molecule has 2 N–H and O–H groups in total. The summed E-state index contributed by atoms with van der Waals surface area (Å²) in [6.07, 6.45) is 5.68. The second-order valence-electron chi connectivity index (χ2n) is 7.82. The third kappa shape index (κ3) is 2.49. The van der Waals surface area contributed by atoms with Gasteiger partial charge < -0.3 is 10.4 Å². The number of allylic oxidation sites excluding steroid dienone is 3. The van der Waals surface area contributed by atoms with E-state index in [1.54, 1.807) is 0 Å². The van der Waals surface area contributed by atoms with Crippen molar-refractivity contribution in [2.24, 2.45) is 17.3 Å². The van der Waals surface area contributed by atoms with Crippen LogP contribution in [0.2, 0.25) is 0 Å². The minimum atomic E-state index is -0.883. The smallest absolute Gasteiger partial charge is 0.333 e. The zero-order valence-electron chi connectivity index (χ0n) is 13.7. The molecule has 1 unspecified atom stereocenters. The van der Waals surface area contributed by atoms with Crippen molar-refractivity contribution < 1.29 is 14.7 Å². The highest BCUT2D eigenvalue weighted by Crippen LogP contribution is 2.48. The number of dihydropyridines is 1. The molecule has 0 spiro atoms. The van der Waals surface area contributed by atoms with Crippen LogP contribution < -0.4 is 5.32 Å². The van der Waals surface area contributed by atoms with Crippen molar-refractivity contribution in [3.8, 4) is 0 Å². The highest BCUT2D eigenvalue weighted by Gasteiger charge is 2.45. The number of carbonyl (C=O) groups excluding carboxylic acids is 1. The monoisotopic (exact) mass is 303 g/mol. The van der Waals surface area contributed by atoms with Crippen LogP contribution in [0.5, 0.6) is 0 Å². The molecule has 0 aromatic carbocycles. The van der Waals surface area contributed by atoms with E-state index in [9.17, 15) is 14.7 Å². The van der Waals surface area contributed by atoms with Gasteiger partial charge in [0.1, 0.15) is 0 Å². The molecule has 1 fully saturated rings. The van der Waals surface area contributed by atoms with E-state index in [2.05, 4.69) is 19.2 Å². The van der Waals surface area contributed by atoms with Gasteiger partial charge in [-0.25, -0.2) is 4.79 Å². The van der Waals surface area contributed by atoms with Crippen molar-refractivity contribution in [3.05, 3.63) is 22.5 Å². The van der Waals surface area contributed by atoms with Gasteiger partial charge in [-0.1, -0.05) is 26.7 Å². The van der Waals surface area contributed by atoms with E-state index in [0.717, 1.165) is 43.4 Å². The van der Waals surface area contributed by atoms with Crippen molar-refractivity contribution >= 4 is 11.8 Å². The van der Waals surface area contributed by atoms with E-state index in [0.29, 0.717) is 23.6 Å². The summed E-state index contributed by atoms with van der Waals surface area (Å²) in [6, 6.07) is 0. The standard InChI is InChI=1S/C18H25NO3/c1-10-14(17(21)22)15(11-6-4-5-7-11)16-12(19-10)8-18(2,3)9-13(16)20/h11,15,19H,4-9H2,1-3H3,(H,21,22). The van der Waals surface area contributed by atoms with Gasteiger partial charge in [-0.2, -0.15) is 0 Å². The molecule has 4 heteroatoms. The number of ketones is 1. The molecule has 1 atom stereocenters. The molecule has 0 aromatic rings. The lowest BCUT2D eigenvalue weighted by atomic mass is 9.67. The summed E-state index contributed by atoms with van der Waals surface area (Å²) in [7, 11) is 0. The molecule has 0 saturated heterocycles. The van der Waals surface area contributed by atoms with Gasteiger partial charge in [0.05, 0.1) is 5.57 Å². The van der Waals surface area contributed by atoms with E-state index in [-0.39, 0.29) is 17.1 Å². The molecule has 1 saturated carbocycles. The first-order chi connectivity index (χ1) is 10.3. The van der Waals surface area contributed by atoms with Gasteiger partial charge in [0.25, 0.3) is 0 Å². The molecule has 1 heterocycles. The number of carboxylic acids is 1. The average Bonchev–Trinajstić information content (AvgIpc) is 2.88. The van der Waals surface area contributed by atoms with Crippen LogP contribution in [-0.4, -0.2) is 16.9 Å². The Morgan fingerprint density at radius 1 is 1.23 bits per heavy atom. The number of hydrogen-bond donors (Lipinski definition) is 2.